The molecule has 150 valence electrons. The summed E-state index contributed by atoms with van der Waals surface area (Å²) in [5.41, 5.74) is 1.33. The van der Waals surface area contributed by atoms with E-state index in [4.69, 9.17) is 9.47 Å². The molecule has 0 aliphatic heterocycles. The van der Waals surface area contributed by atoms with Crippen molar-refractivity contribution in [2.45, 2.75) is 38.1 Å². The highest BCUT2D eigenvalue weighted by molar-refractivity contribution is 5.91. The van der Waals surface area contributed by atoms with Crippen LogP contribution in [-0.4, -0.2) is 36.3 Å². The number of carbonyl (C=O) groups excluding carboxylic acids is 1. The van der Waals surface area contributed by atoms with E-state index in [1.165, 1.54) is 24.5 Å². The summed E-state index contributed by atoms with van der Waals surface area (Å²) < 4.78 is 11.9. The maximum Gasteiger partial charge on any atom is 0.319 e. The molecule has 0 radical (unpaired) electrons. The summed E-state index contributed by atoms with van der Waals surface area (Å²) in [5, 5.41) is 5.46. The number of aromatic nitrogens is 2. The number of ether oxygens (including phenoxy) is 2. The fourth-order valence-corrected chi connectivity index (χ4v) is 3.41. The molecule has 1 aromatic heterocycles. The van der Waals surface area contributed by atoms with Gasteiger partial charge < -0.3 is 20.1 Å². The summed E-state index contributed by atoms with van der Waals surface area (Å²) in [5.74, 6) is 1.54. The van der Waals surface area contributed by atoms with Crippen molar-refractivity contribution < 1.29 is 14.3 Å². The highest BCUT2D eigenvalue weighted by atomic mass is 16.5. The fourth-order valence-electron chi connectivity index (χ4n) is 3.41. The van der Waals surface area contributed by atoms with Gasteiger partial charge in [0.25, 0.3) is 5.56 Å². The number of benzene rings is 1. The minimum Gasteiger partial charge on any atom is -0.497 e. The second-order valence-electron chi connectivity index (χ2n) is 6.77. The van der Waals surface area contributed by atoms with Crippen LogP contribution >= 0.6 is 0 Å². The summed E-state index contributed by atoms with van der Waals surface area (Å²) in [7, 11) is 3.08. The number of amides is 2. The van der Waals surface area contributed by atoms with E-state index in [2.05, 4.69) is 15.6 Å². The molecule has 0 saturated heterocycles. The van der Waals surface area contributed by atoms with Gasteiger partial charge in [-0.15, -0.1) is 0 Å². The quantitative estimate of drug-likeness (QED) is 0.763. The lowest BCUT2D eigenvalue weighted by atomic mass is 10.0. The lowest BCUT2D eigenvalue weighted by Crippen LogP contribution is -2.34. The third kappa shape index (κ3) is 4.82. The number of nitrogens with zero attached hydrogens (tertiary/aromatic N) is 2. The van der Waals surface area contributed by atoms with Gasteiger partial charge in [0.1, 0.15) is 11.5 Å². The topological polar surface area (TPSA) is 94.5 Å². The van der Waals surface area contributed by atoms with Gasteiger partial charge in [0.15, 0.2) is 0 Å². The van der Waals surface area contributed by atoms with E-state index in [0.29, 0.717) is 36.2 Å². The zero-order valence-electron chi connectivity index (χ0n) is 16.2. The first-order valence-electron chi connectivity index (χ1n) is 9.44. The molecule has 1 heterocycles. The minimum absolute atomic E-state index is 0.0871. The number of anilines is 1. The number of hydrogen-bond donors (Lipinski definition) is 2. The van der Waals surface area contributed by atoms with E-state index in [0.717, 1.165) is 18.5 Å². The molecule has 2 amide bonds. The Kier molecular flexibility index (Phi) is 6.52. The molecule has 1 aromatic carbocycles. The second kappa shape index (κ2) is 9.25. The molecule has 0 atom stereocenters. The zero-order chi connectivity index (χ0) is 19.9. The fraction of sp³-hybridized carbons (Fsp3) is 0.450. The van der Waals surface area contributed by atoms with Gasteiger partial charge in [0, 0.05) is 31.1 Å². The summed E-state index contributed by atoms with van der Waals surface area (Å²) in [6, 6.07) is 6.36. The summed E-state index contributed by atoms with van der Waals surface area (Å²) in [6.45, 7) is 0.651. The molecule has 0 unspecified atom stereocenters. The molecule has 8 nitrogen and oxygen atoms in total. The van der Waals surface area contributed by atoms with E-state index < -0.39 is 0 Å². The van der Waals surface area contributed by atoms with Crippen molar-refractivity contribution in [2.24, 2.45) is 0 Å². The molecular weight excluding hydrogens is 360 g/mol. The van der Waals surface area contributed by atoms with E-state index in [1.54, 1.807) is 37.7 Å². The molecule has 0 spiro atoms. The van der Waals surface area contributed by atoms with Crippen LogP contribution in [0.4, 0.5) is 10.5 Å². The van der Waals surface area contributed by atoms with Crippen molar-refractivity contribution in [1.29, 1.82) is 0 Å². The maximum absolute atomic E-state index is 12.3. The van der Waals surface area contributed by atoms with Crippen LogP contribution < -0.4 is 25.7 Å². The molecule has 3 rings (SSSR count). The van der Waals surface area contributed by atoms with E-state index in [-0.39, 0.29) is 11.6 Å². The number of nitrogens with one attached hydrogen (secondary N) is 2. The zero-order valence-corrected chi connectivity index (χ0v) is 16.2. The second-order valence-corrected chi connectivity index (χ2v) is 6.77. The Labute approximate surface area is 163 Å². The van der Waals surface area contributed by atoms with Crippen LogP contribution in [0, 0.1) is 0 Å². The number of urea groups is 1. The van der Waals surface area contributed by atoms with Crippen LogP contribution in [0.3, 0.4) is 0 Å². The van der Waals surface area contributed by atoms with Gasteiger partial charge in [-0.25, -0.2) is 9.78 Å². The van der Waals surface area contributed by atoms with E-state index in [1.807, 2.05) is 0 Å². The van der Waals surface area contributed by atoms with Gasteiger partial charge in [-0.1, -0.05) is 12.8 Å². The van der Waals surface area contributed by atoms with Crippen LogP contribution in [0.25, 0.3) is 0 Å². The third-order valence-corrected chi connectivity index (χ3v) is 4.97. The Morgan fingerprint density at radius 2 is 2.00 bits per heavy atom. The molecule has 1 aliphatic carbocycles. The van der Waals surface area contributed by atoms with Crippen LogP contribution in [0.1, 0.15) is 37.3 Å². The van der Waals surface area contributed by atoms with Gasteiger partial charge in [-0.3, -0.25) is 9.36 Å². The minimum atomic E-state index is -0.382. The predicted octanol–water partition coefficient (Wildman–Crippen LogP) is 2.74. The third-order valence-electron chi connectivity index (χ3n) is 4.97. The summed E-state index contributed by atoms with van der Waals surface area (Å²) in [4.78, 5) is 28.8. The smallest absolute Gasteiger partial charge is 0.319 e. The molecule has 28 heavy (non-hydrogen) atoms. The number of hydrogen-bond acceptors (Lipinski definition) is 5. The molecular formula is C20H26N4O4. The van der Waals surface area contributed by atoms with Crippen molar-refractivity contribution >= 4 is 11.7 Å². The first-order valence-corrected chi connectivity index (χ1v) is 9.44. The highest BCUT2D eigenvalue weighted by Gasteiger charge is 2.19. The van der Waals surface area contributed by atoms with Gasteiger partial charge in [-0.05, 0) is 25.0 Å². The van der Waals surface area contributed by atoms with Gasteiger partial charge >= 0.3 is 6.03 Å². The van der Waals surface area contributed by atoms with Crippen LogP contribution in [0.5, 0.6) is 11.5 Å². The van der Waals surface area contributed by atoms with Gasteiger partial charge in [-0.2, -0.15) is 0 Å². The SMILES string of the molecule is COc1ccc(NC(=O)NCCn2cnc(C3CCCC3)cc2=O)c(OC)c1. The van der Waals surface area contributed by atoms with Crippen molar-refractivity contribution in [3.8, 4) is 11.5 Å². The molecule has 8 heteroatoms. The Balaban J connectivity index is 1.52. The summed E-state index contributed by atoms with van der Waals surface area (Å²) >= 11 is 0. The Morgan fingerprint density at radius 3 is 2.68 bits per heavy atom. The van der Waals surface area contributed by atoms with Crippen molar-refractivity contribution in [2.75, 3.05) is 26.1 Å². The predicted molar refractivity (Wildman–Crippen MR) is 106 cm³/mol. The largest absolute Gasteiger partial charge is 0.497 e. The van der Waals surface area contributed by atoms with Crippen LogP contribution in [-0.2, 0) is 6.54 Å². The Bertz CT molecular complexity index is 875. The van der Waals surface area contributed by atoms with Crippen LogP contribution in [0.2, 0.25) is 0 Å². The van der Waals surface area contributed by atoms with Gasteiger partial charge in [0.2, 0.25) is 0 Å². The molecule has 1 fully saturated rings. The summed E-state index contributed by atoms with van der Waals surface area (Å²) in [6.07, 6.45) is 6.18. The highest BCUT2D eigenvalue weighted by Crippen LogP contribution is 2.32. The monoisotopic (exact) mass is 386 g/mol. The lowest BCUT2D eigenvalue weighted by molar-refractivity contribution is 0.251. The average Bonchev–Trinajstić information content (AvgIpc) is 3.24. The molecule has 0 bridgehead atoms. The normalized spacial score (nSPS) is 13.9. The molecule has 2 aromatic rings. The van der Waals surface area contributed by atoms with Crippen molar-refractivity contribution in [3.05, 3.63) is 46.6 Å². The number of methoxy groups -OCH3 is 2. The first kappa shape index (κ1) is 19.7. The van der Waals surface area contributed by atoms with E-state index in [9.17, 15) is 9.59 Å². The Morgan fingerprint density at radius 1 is 1.21 bits per heavy atom. The van der Waals surface area contributed by atoms with E-state index >= 15 is 0 Å². The molecule has 1 aliphatic rings. The van der Waals surface area contributed by atoms with Crippen LogP contribution in [0.15, 0.2) is 35.4 Å². The first-order chi connectivity index (χ1) is 13.6. The molecule has 2 N–H and O–H groups in total. The van der Waals surface area contributed by atoms with Gasteiger partial charge in [0.05, 0.1) is 31.9 Å². The lowest BCUT2D eigenvalue weighted by Gasteiger charge is -2.13. The van der Waals surface area contributed by atoms with Crippen molar-refractivity contribution in [3.63, 3.8) is 0 Å². The Hall–Kier alpha value is -3.03. The maximum atomic E-state index is 12.3. The van der Waals surface area contributed by atoms with Crippen molar-refractivity contribution in [1.82, 2.24) is 14.9 Å². The average molecular weight is 386 g/mol. The number of rotatable bonds is 7. The standard InChI is InChI=1S/C20H26N4O4/c1-27-15-7-8-16(18(11-15)28-2)23-20(26)21-9-10-24-13-22-17(12-19(24)25)14-5-3-4-6-14/h7-8,11-14H,3-6,9-10H2,1-2H3,(H2,21,23,26). The number of carbonyl (C=O) groups is 1. The molecule has 1 saturated carbocycles.